The molecule has 1 N–H and O–H groups in total. The lowest BCUT2D eigenvalue weighted by Crippen LogP contribution is -2.17. The smallest absolute Gasteiger partial charge is 0.251 e. The van der Waals surface area contributed by atoms with Crippen molar-refractivity contribution in [2.75, 3.05) is 7.05 Å². The normalized spacial score (nSPS) is 10.2. The molecule has 0 heterocycles. The minimum absolute atomic E-state index is 0.0651. The minimum atomic E-state index is -1.32. The van der Waals surface area contributed by atoms with E-state index in [2.05, 4.69) is 36.4 Å². The number of amides is 1. The van der Waals surface area contributed by atoms with Crippen LogP contribution in [0.1, 0.15) is 15.9 Å². The summed E-state index contributed by atoms with van der Waals surface area (Å²) >= 11 is 0. The fourth-order valence-corrected chi connectivity index (χ4v) is 1.63. The van der Waals surface area contributed by atoms with Crippen molar-refractivity contribution in [3.05, 3.63) is 35.4 Å². The van der Waals surface area contributed by atoms with Gasteiger partial charge in [-0.3, -0.25) is 4.79 Å². The Bertz CT molecular complexity index is 432. The van der Waals surface area contributed by atoms with E-state index < -0.39 is 8.07 Å². The fraction of sp³-hybridized carbons (Fsp3) is 0.308. The highest BCUT2D eigenvalue weighted by atomic mass is 28.3. The molecule has 1 rings (SSSR count). The summed E-state index contributed by atoms with van der Waals surface area (Å²) < 4.78 is 0. The van der Waals surface area contributed by atoms with Gasteiger partial charge in [-0.2, -0.15) is 0 Å². The Balaban J connectivity index is 2.87. The Kier molecular flexibility index (Phi) is 3.91. The van der Waals surface area contributed by atoms with Gasteiger partial charge in [-0.1, -0.05) is 25.6 Å². The molecule has 0 radical (unpaired) electrons. The molecule has 0 aliphatic carbocycles. The van der Waals surface area contributed by atoms with Gasteiger partial charge in [0, 0.05) is 18.2 Å². The van der Waals surface area contributed by atoms with Gasteiger partial charge in [0.25, 0.3) is 5.91 Å². The van der Waals surface area contributed by atoms with E-state index in [0.717, 1.165) is 5.56 Å². The molecular formula is C13H17NOSi. The largest absolute Gasteiger partial charge is 0.355 e. The second-order valence-electron chi connectivity index (χ2n) is 4.66. The first-order valence-corrected chi connectivity index (χ1v) is 8.78. The first kappa shape index (κ1) is 12.5. The third kappa shape index (κ3) is 3.91. The molecule has 84 valence electrons. The molecule has 0 aliphatic heterocycles. The lowest BCUT2D eigenvalue weighted by Gasteiger charge is -2.03. The maximum atomic E-state index is 11.3. The fourth-order valence-electron chi connectivity index (χ4n) is 1.11. The first-order valence-electron chi connectivity index (χ1n) is 5.28. The van der Waals surface area contributed by atoms with Crippen LogP contribution in [-0.2, 0) is 0 Å². The maximum absolute atomic E-state index is 11.3. The number of hydrogen-bond donors (Lipinski definition) is 1. The third-order valence-corrected chi connectivity index (χ3v) is 2.83. The van der Waals surface area contributed by atoms with Crippen LogP contribution in [0.2, 0.25) is 19.6 Å². The summed E-state index contributed by atoms with van der Waals surface area (Å²) in [4.78, 5) is 11.3. The van der Waals surface area contributed by atoms with Gasteiger partial charge in [-0.05, 0) is 24.3 Å². The van der Waals surface area contributed by atoms with E-state index in [-0.39, 0.29) is 5.91 Å². The third-order valence-electron chi connectivity index (χ3n) is 1.96. The highest BCUT2D eigenvalue weighted by Crippen LogP contribution is 2.04. The van der Waals surface area contributed by atoms with E-state index in [0.29, 0.717) is 5.56 Å². The van der Waals surface area contributed by atoms with Gasteiger partial charge in [0.15, 0.2) is 0 Å². The average molecular weight is 231 g/mol. The molecular weight excluding hydrogens is 214 g/mol. The Hall–Kier alpha value is -1.53. The molecule has 2 nitrogen and oxygen atoms in total. The summed E-state index contributed by atoms with van der Waals surface area (Å²) in [6.45, 7) is 6.62. The van der Waals surface area contributed by atoms with Crippen LogP contribution < -0.4 is 5.32 Å². The van der Waals surface area contributed by atoms with Gasteiger partial charge in [0.1, 0.15) is 8.07 Å². The highest BCUT2D eigenvalue weighted by Gasteiger charge is 2.07. The Morgan fingerprint density at radius 1 is 1.19 bits per heavy atom. The number of carbonyl (C=O) groups is 1. The summed E-state index contributed by atoms with van der Waals surface area (Å²) in [6, 6.07) is 7.37. The van der Waals surface area contributed by atoms with Crippen LogP contribution >= 0.6 is 0 Å². The summed E-state index contributed by atoms with van der Waals surface area (Å²) in [5, 5.41) is 2.59. The number of hydrogen-bond acceptors (Lipinski definition) is 1. The van der Waals surface area contributed by atoms with Crippen molar-refractivity contribution < 1.29 is 4.79 Å². The molecule has 0 saturated carbocycles. The van der Waals surface area contributed by atoms with Crippen LogP contribution in [0.15, 0.2) is 24.3 Å². The Morgan fingerprint density at radius 3 is 2.19 bits per heavy atom. The van der Waals surface area contributed by atoms with Crippen molar-refractivity contribution >= 4 is 14.0 Å². The summed E-state index contributed by atoms with van der Waals surface area (Å²) in [5.74, 6) is 3.08. The molecule has 0 bridgehead atoms. The number of nitrogens with one attached hydrogen (secondary N) is 1. The van der Waals surface area contributed by atoms with Gasteiger partial charge in [-0.25, -0.2) is 0 Å². The molecule has 16 heavy (non-hydrogen) atoms. The van der Waals surface area contributed by atoms with Gasteiger partial charge in [0.2, 0.25) is 0 Å². The molecule has 0 saturated heterocycles. The predicted octanol–water partition coefficient (Wildman–Crippen LogP) is 2.28. The zero-order valence-corrected chi connectivity index (χ0v) is 11.2. The van der Waals surface area contributed by atoms with E-state index in [1.807, 2.05) is 12.1 Å². The molecule has 0 atom stereocenters. The lowest BCUT2D eigenvalue weighted by atomic mass is 10.1. The zero-order valence-electron chi connectivity index (χ0n) is 10.2. The number of rotatable bonds is 1. The van der Waals surface area contributed by atoms with Crippen LogP contribution in [0.25, 0.3) is 0 Å². The van der Waals surface area contributed by atoms with Crippen LogP contribution in [0.4, 0.5) is 0 Å². The van der Waals surface area contributed by atoms with E-state index in [4.69, 9.17) is 0 Å². The maximum Gasteiger partial charge on any atom is 0.251 e. The van der Waals surface area contributed by atoms with Crippen molar-refractivity contribution in [2.24, 2.45) is 0 Å². The molecule has 0 aromatic heterocycles. The minimum Gasteiger partial charge on any atom is -0.355 e. The lowest BCUT2D eigenvalue weighted by molar-refractivity contribution is 0.0963. The average Bonchev–Trinajstić information content (AvgIpc) is 2.25. The Morgan fingerprint density at radius 2 is 1.75 bits per heavy atom. The SMILES string of the molecule is CNC(=O)c1ccc(C#C[Si](C)(C)C)cc1. The van der Waals surface area contributed by atoms with Crippen molar-refractivity contribution in [1.29, 1.82) is 0 Å². The van der Waals surface area contributed by atoms with E-state index in [1.54, 1.807) is 19.2 Å². The predicted molar refractivity (Wildman–Crippen MR) is 70.1 cm³/mol. The van der Waals surface area contributed by atoms with Crippen LogP contribution in [-0.4, -0.2) is 21.0 Å². The van der Waals surface area contributed by atoms with Crippen LogP contribution in [0, 0.1) is 11.5 Å². The molecule has 1 aromatic carbocycles. The molecule has 0 spiro atoms. The van der Waals surface area contributed by atoms with Crippen molar-refractivity contribution in [2.45, 2.75) is 19.6 Å². The van der Waals surface area contributed by atoms with Gasteiger partial charge >= 0.3 is 0 Å². The summed E-state index contributed by atoms with van der Waals surface area (Å²) in [6.07, 6.45) is 0. The molecule has 0 unspecified atom stereocenters. The second kappa shape index (κ2) is 5.00. The van der Waals surface area contributed by atoms with Crippen molar-refractivity contribution in [3.8, 4) is 11.5 Å². The van der Waals surface area contributed by atoms with Crippen molar-refractivity contribution in [3.63, 3.8) is 0 Å². The van der Waals surface area contributed by atoms with Crippen LogP contribution in [0.5, 0.6) is 0 Å². The van der Waals surface area contributed by atoms with Gasteiger partial charge in [0.05, 0.1) is 0 Å². The van der Waals surface area contributed by atoms with Crippen molar-refractivity contribution in [1.82, 2.24) is 5.32 Å². The zero-order chi connectivity index (χ0) is 12.2. The Labute approximate surface area is 98.1 Å². The number of benzene rings is 1. The van der Waals surface area contributed by atoms with Gasteiger partial charge < -0.3 is 5.32 Å². The topological polar surface area (TPSA) is 29.1 Å². The first-order chi connectivity index (χ1) is 7.42. The standard InChI is InChI=1S/C13H17NOSi/c1-14-13(15)12-7-5-11(6-8-12)9-10-16(2,3)4/h5-8H,1-4H3,(H,14,15). The van der Waals surface area contributed by atoms with E-state index >= 15 is 0 Å². The monoisotopic (exact) mass is 231 g/mol. The summed E-state index contributed by atoms with van der Waals surface area (Å²) in [5.41, 5.74) is 4.92. The highest BCUT2D eigenvalue weighted by molar-refractivity contribution is 6.83. The van der Waals surface area contributed by atoms with E-state index in [1.165, 1.54) is 0 Å². The molecule has 1 aromatic rings. The molecule has 0 fully saturated rings. The van der Waals surface area contributed by atoms with Gasteiger partial charge in [-0.15, -0.1) is 5.54 Å². The van der Waals surface area contributed by atoms with E-state index in [9.17, 15) is 4.79 Å². The molecule has 3 heteroatoms. The van der Waals surface area contributed by atoms with Crippen LogP contribution in [0.3, 0.4) is 0 Å². The second-order valence-corrected chi connectivity index (χ2v) is 9.41. The quantitative estimate of drug-likeness (QED) is 0.583. The number of carbonyl (C=O) groups excluding carboxylic acids is 1. The molecule has 0 aliphatic rings. The summed E-state index contributed by atoms with van der Waals surface area (Å²) in [7, 11) is 0.304. The molecule has 1 amide bonds.